The number of hydrogen-bond donors (Lipinski definition) is 1. The van der Waals surface area contributed by atoms with Crippen molar-refractivity contribution in [3.8, 4) is 0 Å². The van der Waals surface area contributed by atoms with Crippen LogP contribution in [-0.2, 0) is 13.0 Å². The zero-order valence-corrected chi connectivity index (χ0v) is 12.4. The van der Waals surface area contributed by atoms with Crippen molar-refractivity contribution in [1.82, 2.24) is 15.1 Å². The predicted molar refractivity (Wildman–Crippen MR) is 75.4 cm³/mol. The molecule has 1 atom stereocenters. The highest BCUT2D eigenvalue weighted by Crippen LogP contribution is 2.27. The molecule has 0 bridgehead atoms. The van der Waals surface area contributed by atoms with Gasteiger partial charge in [-0.3, -0.25) is 4.68 Å². The SMILES string of the molecule is CCn1cc(CC(NC)c2csc(Br)c2)cn1. The lowest BCUT2D eigenvalue weighted by molar-refractivity contribution is 0.592. The van der Waals surface area contributed by atoms with Gasteiger partial charge in [-0.05, 0) is 58.9 Å². The minimum absolute atomic E-state index is 0.354. The number of aryl methyl sites for hydroxylation is 1. The Labute approximate surface area is 114 Å². The van der Waals surface area contributed by atoms with Crippen LogP contribution in [0, 0.1) is 0 Å². The first-order valence-corrected chi connectivity index (χ1v) is 7.32. The smallest absolute Gasteiger partial charge is 0.0701 e. The first-order valence-electron chi connectivity index (χ1n) is 5.65. The van der Waals surface area contributed by atoms with E-state index in [-0.39, 0.29) is 0 Å². The second-order valence-electron chi connectivity index (χ2n) is 3.93. The summed E-state index contributed by atoms with van der Waals surface area (Å²) >= 11 is 5.23. The summed E-state index contributed by atoms with van der Waals surface area (Å²) in [5.41, 5.74) is 2.60. The highest BCUT2D eigenvalue weighted by Gasteiger charge is 2.12. The van der Waals surface area contributed by atoms with E-state index in [1.807, 2.05) is 17.9 Å². The lowest BCUT2D eigenvalue weighted by Crippen LogP contribution is -2.17. The highest BCUT2D eigenvalue weighted by molar-refractivity contribution is 9.11. The molecule has 2 aromatic rings. The average molecular weight is 314 g/mol. The van der Waals surface area contributed by atoms with E-state index < -0.39 is 0 Å². The van der Waals surface area contributed by atoms with E-state index in [1.54, 1.807) is 11.3 Å². The molecule has 92 valence electrons. The molecule has 0 aliphatic carbocycles. The van der Waals surface area contributed by atoms with E-state index in [1.165, 1.54) is 14.9 Å². The summed E-state index contributed by atoms with van der Waals surface area (Å²) in [5, 5.41) is 9.85. The lowest BCUT2D eigenvalue weighted by Gasteiger charge is -2.13. The molecular weight excluding hydrogens is 298 g/mol. The Morgan fingerprint density at radius 2 is 2.41 bits per heavy atom. The van der Waals surface area contributed by atoms with E-state index in [0.717, 1.165) is 13.0 Å². The summed E-state index contributed by atoms with van der Waals surface area (Å²) in [5.74, 6) is 0. The highest BCUT2D eigenvalue weighted by atomic mass is 79.9. The molecule has 0 fully saturated rings. The average Bonchev–Trinajstić information content (AvgIpc) is 2.94. The molecule has 2 aromatic heterocycles. The Morgan fingerprint density at radius 1 is 1.59 bits per heavy atom. The standard InChI is InChI=1S/C12H16BrN3S/c1-3-16-7-9(6-15-16)4-11(14-2)10-5-12(13)17-8-10/h5-8,11,14H,3-4H2,1-2H3. The van der Waals surface area contributed by atoms with Crippen LogP contribution in [0.25, 0.3) is 0 Å². The predicted octanol–water partition coefficient (Wildman–Crippen LogP) is 3.23. The summed E-state index contributed by atoms with van der Waals surface area (Å²) in [4.78, 5) is 0. The maximum absolute atomic E-state index is 4.30. The van der Waals surface area contributed by atoms with Gasteiger partial charge < -0.3 is 5.32 Å². The van der Waals surface area contributed by atoms with Gasteiger partial charge in [-0.15, -0.1) is 11.3 Å². The summed E-state index contributed by atoms with van der Waals surface area (Å²) in [6.45, 7) is 3.02. The molecule has 0 radical (unpaired) electrons. The van der Waals surface area contributed by atoms with Gasteiger partial charge in [0.2, 0.25) is 0 Å². The Balaban J connectivity index is 2.09. The van der Waals surface area contributed by atoms with Crippen molar-refractivity contribution in [2.24, 2.45) is 0 Å². The molecule has 0 amide bonds. The molecule has 0 aliphatic rings. The molecule has 1 unspecified atom stereocenters. The van der Waals surface area contributed by atoms with E-state index in [0.29, 0.717) is 6.04 Å². The number of halogens is 1. The minimum Gasteiger partial charge on any atom is -0.313 e. The van der Waals surface area contributed by atoms with Crippen LogP contribution in [0.2, 0.25) is 0 Å². The number of thiophene rings is 1. The van der Waals surface area contributed by atoms with Gasteiger partial charge in [-0.1, -0.05) is 0 Å². The van der Waals surface area contributed by atoms with Crippen molar-refractivity contribution < 1.29 is 0 Å². The number of nitrogens with zero attached hydrogens (tertiary/aromatic N) is 2. The number of nitrogens with one attached hydrogen (secondary N) is 1. The Kier molecular flexibility index (Phi) is 4.36. The fourth-order valence-corrected chi connectivity index (χ4v) is 3.04. The van der Waals surface area contributed by atoms with Crippen LogP contribution in [0.5, 0.6) is 0 Å². The van der Waals surface area contributed by atoms with Crippen LogP contribution in [0.3, 0.4) is 0 Å². The summed E-state index contributed by atoms with van der Waals surface area (Å²) in [6.07, 6.45) is 5.04. The number of rotatable bonds is 5. The molecule has 0 saturated heterocycles. The van der Waals surface area contributed by atoms with Crippen molar-refractivity contribution >= 4 is 27.3 Å². The molecule has 0 saturated carbocycles. The van der Waals surface area contributed by atoms with Gasteiger partial charge in [0.25, 0.3) is 0 Å². The third-order valence-electron chi connectivity index (χ3n) is 2.79. The topological polar surface area (TPSA) is 29.9 Å². The maximum Gasteiger partial charge on any atom is 0.0701 e. The molecule has 0 aromatic carbocycles. The van der Waals surface area contributed by atoms with Crippen LogP contribution in [0.1, 0.15) is 24.1 Å². The molecule has 5 heteroatoms. The number of aromatic nitrogens is 2. The van der Waals surface area contributed by atoms with Gasteiger partial charge in [0.05, 0.1) is 9.98 Å². The molecule has 0 aliphatic heterocycles. The van der Waals surface area contributed by atoms with Crippen molar-refractivity contribution in [3.63, 3.8) is 0 Å². The first kappa shape index (κ1) is 12.8. The Hall–Kier alpha value is -0.650. The first-order chi connectivity index (χ1) is 8.22. The van der Waals surface area contributed by atoms with E-state index >= 15 is 0 Å². The van der Waals surface area contributed by atoms with Crippen LogP contribution in [-0.4, -0.2) is 16.8 Å². The van der Waals surface area contributed by atoms with Crippen molar-refractivity contribution in [2.45, 2.75) is 25.9 Å². The van der Waals surface area contributed by atoms with Gasteiger partial charge in [0.15, 0.2) is 0 Å². The number of hydrogen-bond acceptors (Lipinski definition) is 3. The van der Waals surface area contributed by atoms with Crippen LogP contribution in [0.15, 0.2) is 27.6 Å². The van der Waals surface area contributed by atoms with E-state index in [9.17, 15) is 0 Å². The van der Waals surface area contributed by atoms with Gasteiger partial charge in [-0.25, -0.2) is 0 Å². The van der Waals surface area contributed by atoms with Crippen LogP contribution in [0.4, 0.5) is 0 Å². The largest absolute Gasteiger partial charge is 0.313 e. The molecule has 2 heterocycles. The second-order valence-corrected chi connectivity index (χ2v) is 6.22. The maximum atomic E-state index is 4.30. The molecule has 1 N–H and O–H groups in total. The van der Waals surface area contributed by atoms with Crippen molar-refractivity contribution in [3.05, 3.63) is 38.8 Å². The third-order valence-corrected chi connectivity index (χ3v) is 4.31. The Bertz CT molecular complexity index is 478. The quantitative estimate of drug-likeness (QED) is 0.918. The normalized spacial score (nSPS) is 12.9. The monoisotopic (exact) mass is 313 g/mol. The third kappa shape index (κ3) is 3.18. The molecule has 0 spiro atoms. The minimum atomic E-state index is 0.354. The number of likely N-dealkylation sites (N-methyl/N-ethyl adjacent to an activating group) is 1. The summed E-state index contributed by atoms with van der Waals surface area (Å²) in [6, 6.07) is 2.53. The summed E-state index contributed by atoms with van der Waals surface area (Å²) in [7, 11) is 2.00. The molecular formula is C12H16BrN3S. The fraction of sp³-hybridized carbons (Fsp3) is 0.417. The van der Waals surface area contributed by atoms with Crippen LogP contribution >= 0.6 is 27.3 Å². The van der Waals surface area contributed by atoms with Gasteiger partial charge >= 0.3 is 0 Å². The second kappa shape index (κ2) is 5.80. The van der Waals surface area contributed by atoms with Gasteiger partial charge in [0.1, 0.15) is 0 Å². The van der Waals surface area contributed by atoms with Crippen molar-refractivity contribution in [2.75, 3.05) is 7.05 Å². The molecule has 17 heavy (non-hydrogen) atoms. The molecule has 3 nitrogen and oxygen atoms in total. The van der Waals surface area contributed by atoms with Crippen molar-refractivity contribution in [1.29, 1.82) is 0 Å². The van der Waals surface area contributed by atoms with E-state index in [2.05, 4.69) is 50.9 Å². The Morgan fingerprint density at radius 3 is 2.94 bits per heavy atom. The summed E-state index contributed by atoms with van der Waals surface area (Å²) < 4.78 is 3.14. The zero-order valence-electron chi connectivity index (χ0n) is 9.98. The van der Waals surface area contributed by atoms with Crippen LogP contribution < -0.4 is 5.32 Å². The van der Waals surface area contributed by atoms with Gasteiger partial charge in [-0.2, -0.15) is 5.10 Å². The lowest BCUT2D eigenvalue weighted by atomic mass is 10.0. The van der Waals surface area contributed by atoms with Gasteiger partial charge in [0, 0.05) is 18.8 Å². The fourth-order valence-electron chi connectivity index (χ4n) is 1.81. The zero-order chi connectivity index (χ0) is 12.3. The van der Waals surface area contributed by atoms with E-state index in [4.69, 9.17) is 0 Å². The molecule has 2 rings (SSSR count).